The summed E-state index contributed by atoms with van der Waals surface area (Å²) in [5.41, 5.74) is 4.58. The van der Waals surface area contributed by atoms with E-state index in [1.54, 1.807) is 18.0 Å². The summed E-state index contributed by atoms with van der Waals surface area (Å²) in [6.07, 6.45) is 3.33. The molecule has 2 heterocycles. The first-order valence-electron chi connectivity index (χ1n) is 10.3. The second-order valence-corrected chi connectivity index (χ2v) is 8.84. The highest BCUT2D eigenvalue weighted by molar-refractivity contribution is 5.90. The van der Waals surface area contributed by atoms with Gasteiger partial charge in [0.2, 0.25) is 0 Å². The minimum absolute atomic E-state index is 0.312. The van der Waals surface area contributed by atoms with Crippen molar-refractivity contribution in [3.63, 3.8) is 0 Å². The molecule has 1 aromatic carbocycles. The van der Waals surface area contributed by atoms with Crippen LogP contribution in [0.3, 0.4) is 0 Å². The fraction of sp³-hybridized carbons (Fsp3) is 0.435. The second-order valence-electron chi connectivity index (χ2n) is 8.84. The van der Waals surface area contributed by atoms with Crippen LogP contribution in [0.1, 0.15) is 32.2 Å². The lowest BCUT2D eigenvalue weighted by atomic mass is 10.0. The lowest BCUT2D eigenvalue weighted by Crippen LogP contribution is -2.38. The molecule has 0 fully saturated rings. The molecule has 3 rings (SSSR count). The van der Waals surface area contributed by atoms with Crippen LogP contribution < -0.4 is 0 Å². The Hall–Kier alpha value is -3.13. The van der Waals surface area contributed by atoms with Gasteiger partial charge in [0, 0.05) is 44.7 Å². The molecule has 3 aromatic rings. The number of rotatable bonds is 7. The molecule has 166 valence electrons. The van der Waals surface area contributed by atoms with Gasteiger partial charge in [-0.3, -0.25) is 14.7 Å². The zero-order chi connectivity index (χ0) is 22.8. The third-order valence-electron chi connectivity index (χ3n) is 5.10. The summed E-state index contributed by atoms with van der Waals surface area (Å²) in [6.45, 7) is 11.4. The van der Waals surface area contributed by atoms with Crippen molar-refractivity contribution in [3.8, 4) is 11.1 Å². The molecule has 0 radical (unpaired) electrons. The Morgan fingerprint density at radius 2 is 2.03 bits per heavy atom. The molecule has 0 aliphatic rings. The molecular formula is C23H32N6O2. The highest BCUT2D eigenvalue weighted by Gasteiger charge is 2.20. The zero-order valence-corrected chi connectivity index (χ0v) is 19.3. The Bertz CT molecular complexity index is 1080. The highest BCUT2D eigenvalue weighted by atomic mass is 16.6. The molecule has 2 aromatic heterocycles. The monoisotopic (exact) mass is 424 g/mol. The lowest BCUT2D eigenvalue weighted by molar-refractivity contribution is 0.0286. The van der Waals surface area contributed by atoms with Gasteiger partial charge in [0.1, 0.15) is 5.60 Å². The predicted molar refractivity (Wildman–Crippen MR) is 124 cm³/mol. The topological polar surface area (TPSA) is 79.3 Å². The van der Waals surface area contributed by atoms with Crippen molar-refractivity contribution in [1.82, 2.24) is 29.8 Å². The van der Waals surface area contributed by atoms with Crippen molar-refractivity contribution in [1.29, 1.82) is 0 Å². The van der Waals surface area contributed by atoms with Crippen LogP contribution in [0.15, 0.2) is 31.0 Å². The van der Waals surface area contributed by atoms with Crippen molar-refractivity contribution < 1.29 is 9.53 Å². The number of aryl methyl sites for hydroxylation is 1. The van der Waals surface area contributed by atoms with E-state index in [1.807, 2.05) is 51.8 Å². The molecule has 0 aliphatic heterocycles. The van der Waals surface area contributed by atoms with E-state index in [1.165, 1.54) is 0 Å². The molecule has 8 nitrogen and oxygen atoms in total. The van der Waals surface area contributed by atoms with Crippen LogP contribution in [0.25, 0.3) is 28.1 Å². The molecule has 0 saturated heterocycles. The number of carbonyl (C=O) groups is 1. The average Bonchev–Trinajstić information content (AvgIpc) is 3.27. The van der Waals surface area contributed by atoms with Gasteiger partial charge in [-0.1, -0.05) is 12.6 Å². The number of aromatic nitrogens is 4. The summed E-state index contributed by atoms with van der Waals surface area (Å²) in [7, 11) is 5.74. The Labute approximate surface area is 183 Å². The number of hydrogen-bond acceptors (Lipinski definition) is 5. The van der Waals surface area contributed by atoms with Crippen molar-refractivity contribution in [3.05, 3.63) is 42.4 Å². The minimum atomic E-state index is -0.498. The third-order valence-corrected chi connectivity index (χ3v) is 5.10. The van der Waals surface area contributed by atoms with E-state index < -0.39 is 5.60 Å². The molecule has 0 atom stereocenters. The van der Waals surface area contributed by atoms with Crippen molar-refractivity contribution >= 4 is 23.1 Å². The van der Waals surface area contributed by atoms with E-state index in [4.69, 9.17) is 4.74 Å². The summed E-state index contributed by atoms with van der Waals surface area (Å²) < 4.78 is 7.32. The molecule has 31 heavy (non-hydrogen) atoms. The van der Waals surface area contributed by atoms with Gasteiger partial charge in [-0.2, -0.15) is 10.2 Å². The third kappa shape index (κ3) is 5.32. The van der Waals surface area contributed by atoms with Gasteiger partial charge in [0.25, 0.3) is 0 Å². The number of carbonyl (C=O) groups excluding carboxylic acids is 1. The Morgan fingerprint density at radius 3 is 2.71 bits per heavy atom. The number of likely N-dealkylation sites (N-methyl/N-ethyl adjacent to an activating group) is 2. The first kappa shape index (κ1) is 22.6. The predicted octanol–water partition coefficient (Wildman–Crippen LogP) is 3.91. The van der Waals surface area contributed by atoms with Crippen molar-refractivity contribution in [2.45, 2.75) is 32.9 Å². The number of ether oxygens (including phenoxy) is 1. The molecule has 0 aliphatic carbocycles. The summed E-state index contributed by atoms with van der Waals surface area (Å²) in [4.78, 5) is 16.0. The van der Waals surface area contributed by atoms with Crippen molar-refractivity contribution in [2.75, 3.05) is 27.2 Å². The number of nitrogens with zero attached hydrogens (tertiary/aromatic N) is 5. The summed E-state index contributed by atoms with van der Waals surface area (Å²) in [6, 6.07) is 6.22. The summed E-state index contributed by atoms with van der Waals surface area (Å²) in [5.74, 6) is 0. The Balaban J connectivity index is 1.71. The number of H-pyrrole nitrogens is 1. The van der Waals surface area contributed by atoms with E-state index in [0.29, 0.717) is 19.6 Å². The number of benzene rings is 1. The average molecular weight is 425 g/mol. The lowest BCUT2D eigenvalue weighted by Gasteiger charge is -2.26. The van der Waals surface area contributed by atoms with E-state index in [9.17, 15) is 4.79 Å². The van der Waals surface area contributed by atoms with Crippen LogP contribution in [-0.4, -0.2) is 68.7 Å². The van der Waals surface area contributed by atoms with Crippen molar-refractivity contribution in [2.24, 2.45) is 7.05 Å². The Morgan fingerprint density at radius 1 is 1.29 bits per heavy atom. The van der Waals surface area contributed by atoms with Crippen LogP contribution in [0.4, 0.5) is 4.79 Å². The summed E-state index contributed by atoms with van der Waals surface area (Å²) in [5, 5.41) is 12.8. The summed E-state index contributed by atoms with van der Waals surface area (Å²) >= 11 is 0. The molecule has 1 amide bonds. The number of fused-ring (bicyclic) bond motifs is 1. The Kier molecular flexibility index (Phi) is 6.50. The quantitative estimate of drug-likeness (QED) is 0.622. The van der Waals surface area contributed by atoms with Crippen LogP contribution in [0.2, 0.25) is 0 Å². The van der Waals surface area contributed by atoms with E-state index in [0.717, 1.165) is 33.4 Å². The maximum absolute atomic E-state index is 12.2. The first-order chi connectivity index (χ1) is 14.6. The van der Waals surface area contributed by atoms with Crippen LogP contribution in [-0.2, 0) is 18.3 Å². The van der Waals surface area contributed by atoms with Crippen LogP contribution in [0.5, 0.6) is 0 Å². The standard InChI is InChI=1S/C23H32N6O2/c1-8-19-17-13-16(9-10-20(17)26-25-19)18-14-24-29(7)21(18)15-27(5)11-12-28(6)22(30)31-23(2,3)4/h8-10,13-14H,1,11-12,15H2,2-7H3,(H,25,26). The largest absolute Gasteiger partial charge is 0.444 e. The fourth-order valence-electron chi connectivity index (χ4n) is 3.34. The van der Waals surface area contributed by atoms with E-state index in [2.05, 4.69) is 38.9 Å². The first-order valence-corrected chi connectivity index (χ1v) is 10.3. The van der Waals surface area contributed by atoms with Crippen LogP contribution in [0, 0.1) is 0 Å². The maximum atomic E-state index is 12.2. The molecule has 8 heteroatoms. The van der Waals surface area contributed by atoms with E-state index >= 15 is 0 Å². The minimum Gasteiger partial charge on any atom is -0.444 e. The van der Waals surface area contributed by atoms with Gasteiger partial charge >= 0.3 is 6.09 Å². The molecule has 1 N–H and O–H groups in total. The number of nitrogens with one attached hydrogen (secondary N) is 1. The van der Waals surface area contributed by atoms with Gasteiger partial charge in [-0.05, 0) is 51.6 Å². The zero-order valence-electron chi connectivity index (χ0n) is 19.3. The molecule has 0 spiro atoms. The van der Waals surface area contributed by atoms with Gasteiger partial charge < -0.3 is 9.64 Å². The number of hydrogen-bond donors (Lipinski definition) is 1. The van der Waals surface area contributed by atoms with Gasteiger partial charge in [0.15, 0.2) is 0 Å². The normalized spacial score (nSPS) is 11.8. The van der Waals surface area contributed by atoms with Gasteiger partial charge in [-0.25, -0.2) is 4.79 Å². The van der Waals surface area contributed by atoms with E-state index in [-0.39, 0.29) is 6.09 Å². The molecule has 0 saturated carbocycles. The van der Waals surface area contributed by atoms with Crippen LogP contribution >= 0.6 is 0 Å². The smallest absolute Gasteiger partial charge is 0.410 e. The molecule has 0 unspecified atom stereocenters. The maximum Gasteiger partial charge on any atom is 0.410 e. The SMILES string of the molecule is C=Cc1n[nH]c2ccc(-c3cnn(C)c3CN(C)CCN(C)C(=O)OC(C)(C)C)cc12. The molecular weight excluding hydrogens is 392 g/mol. The second kappa shape index (κ2) is 8.93. The fourth-order valence-corrected chi connectivity index (χ4v) is 3.34. The van der Waals surface area contributed by atoms with Gasteiger partial charge in [0.05, 0.1) is 23.1 Å². The number of aromatic amines is 1. The number of amides is 1. The highest BCUT2D eigenvalue weighted by Crippen LogP contribution is 2.28. The molecule has 0 bridgehead atoms. The van der Waals surface area contributed by atoms with Gasteiger partial charge in [-0.15, -0.1) is 0 Å².